The highest BCUT2D eigenvalue weighted by molar-refractivity contribution is 5.22. The van der Waals surface area contributed by atoms with Crippen molar-refractivity contribution in [2.24, 2.45) is 0 Å². The van der Waals surface area contributed by atoms with Gasteiger partial charge in [-0.05, 0) is 19.5 Å². The van der Waals surface area contributed by atoms with Crippen molar-refractivity contribution < 1.29 is 23.0 Å². The van der Waals surface area contributed by atoms with Gasteiger partial charge in [0, 0.05) is 25.9 Å². The van der Waals surface area contributed by atoms with E-state index in [0.29, 0.717) is 26.4 Å². The summed E-state index contributed by atoms with van der Waals surface area (Å²) in [6, 6.07) is 3.73. The first-order valence-corrected chi connectivity index (χ1v) is 6.96. The van der Waals surface area contributed by atoms with Gasteiger partial charge in [-0.15, -0.1) is 0 Å². The number of methoxy groups -OCH3 is 1. The maximum atomic E-state index is 13.7. The van der Waals surface area contributed by atoms with Crippen molar-refractivity contribution in [2.45, 2.75) is 12.5 Å². The summed E-state index contributed by atoms with van der Waals surface area (Å²) in [4.78, 5) is 0. The smallest absolute Gasteiger partial charge is 0.163 e. The van der Waals surface area contributed by atoms with Gasteiger partial charge in [-0.3, -0.25) is 0 Å². The summed E-state index contributed by atoms with van der Waals surface area (Å²) in [5.74, 6) is -1.69. The van der Waals surface area contributed by atoms with Crippen LogP contribution in [0.25, 0.3) is 0 Å². The Kier molecular flexibility index (Phi) is 9.09. The molecule has 1 aromatic rings. The predicted octanol–water partition coefficient (Wildman–Crippen LogP) is 2.29. The Morgan fingerprint density at radius 1 is 1.10 bits per heavy atom. The van der Waals surface area contributed by atoms with Crippen LogP contribution in [-0.2, 0) is 14.2 Å². The lowest BCUT2D eigenvalue weighted by Gasteiger charge is -2.17. The number of nitrogens with one attached hydrogen (secondary N) is 1. The maximum Gasteiger partial charge on any atom is 0.163 e. The summed E-state index contributed by atoms with van der Waals surface area (Å²) < 4.78 is 42.5. The van der Waals surface area contributed by atoms with Crippen LogP contribution in [0.3, 0.4) is 0 Å². The first-order chi connectivity index (χ1) is 10.2. The second kappa shape index (κ2) is 10.6. The van der Waals surface area contributed by atoms with Crippen LogP contribution in [-0.4, -0.2) is 47.2 Å². The average Bonchev–Trinajstić information content (AvgIpc) is 2.49. The molecule has 0 saturated carbocycles. The molecule has 1 atom stereocenters. The fourth-order valence-electron chi connectivity index (χ4n) is 1.84. The molecule has 120 valence electrons. The van der Waals surface area contributed by atoms with Crippen molar-refractivity contribution in [3.8, 4) is 0 Å². The van der Waals surface area contributed by atoms with Crippen molar-refractivity contribution in [1.29, 1.82) is 0 Å². The fraction of sp³-hybridized carbons (Fsp3) is 0.600. The number of hydrogen-bond acceptors (Lipinski definition) is 4. The van der Waals surface area contributed by atoms with Crippen LogP contribution in [0, 0.1) is 11.6 Å². The molecule has 0 aliphatic heterocycles. The number of hydrogen-bond donors (Lipinski definition) is 1. The fourth-order valence-corrected chi connectivity index (χ4v) is 1.84. The van der Waals surface area contributed by atoms with E-state index in [-0.39, 0.29) is 12.2 Å². The summed E-state index contributed by atoms with van der Waals surface area (Å²) >= 11 is 0. The van der Waals surface area contributed by atoms with Crippen LogP contribution < -0.4 is 5.32 Å². The molecule has 6 heteroatoms. The molecule has 0 aliphatic rings. The van der Waals surface area contributed by atoms with Crippen LogP contribution in [0.5, 0.6) is 0 Å². The summed E-state index contributed by atoms with van der Waals surface area (Å²) in [6.45, 7) is 2.40. The van der Waals surface area contributed by atoms with E-state index in [9.17, 15) is 8.78 Å². The molecule has 0 heterocycles. The second-order valence-electron chi connectivity index (χ2n) is 4.52. The molecule has 1 N–H and O–H groups in total. The molecule has 21 heavy (non-hydrogen) atoms. The normalized spacial score (nSPS) is 12.6. The van der Waals surface area contributed by atoms with E-state index in [1.807, 2.05) is 0 Å². The zero-order valence-corrected chi connectivity index (χ0v) is 12.5. The van der Waals surface area contributed by atoms with E-state index >= 15 is 0 Å². The summed E-state index contributed by atoms with van der Waals surface area (Å²) in [6.07, 6.45) is 0.837. The van der Waals surface area contributed by atoms with Crippen LogP contribution in [0.1, 0.15) is 18.0 Å². The van der Waals surface area contributed by atoms with Gasteiger partial charge in [0.2, 0.25) is 0 Å². The Balaban J connectivity index is 2.27. The minimum Gasteiger partial charge on any atom is -0.385 e. The number of ether oxygens (including phenoxy) is 3. The lowest BCUT2D eigenvalue weighted by atomic mass is 10.1. The Hall–Kier alpha value is -1.08. The molecule has 0 amide bonds. The monoisotopic (exact) mass is 303 g/mol. The first-order valence-electron chi connectivity index (χ1n) is 6.96. The van der Waals surface area contributed by atoms with Crippen LogP contribution in [0.15, 0.2) is 18.2 Å². The third-order valence-electron chi connectivity index (χ3n) is 3.00. The molecule has 1 aromatic carbocycles. The third-order valence-corrected chi connectivity index (χ3v) is 3.00. The third kappa shape index (κ3) is 6.48. The largest absolute Gasteiger partial charge is 0.385 e. The standard InChI is InChI=1S/C15H23F2NO3/c1-18-14(12-5-3-6-13(16)15(12)17)11-21-10-9-20-8-4-7-19-2/h3,5-6,14,18H,4,7-11H2,1-2H3. The van der Waals surface area contributed by atoms with Crippen molar-refractivity contribution in [2.75, 3.05) is 47.2 Å². The molecule has 0 bridgehead atoms. The highest BCUT2D eigenvalue weighted by Crippen LogP contribution is 2.19. The van der Waals surface area contributed by atoms with E-state index in [4.69, 9.17) is 14.2 Å². The van der Waals surface area contributed by atoms with Gasteiger partial charge < -0.3 is 19.5 Å². The van der Waals surface area contributed by atoms with Gasteiger partial charge >= 0.3 is 0 Å². The Morgan fingerprint density at radius 3 is 2.57 bits per heavy atom. The van der Waals surface area contributed by atoms with Gasteiger partial charge in [-0.1, -0.05) is 12.1 Å². The second-order valence-corrected chi connectivity index (χ2v) is 4.52. The molecule has 0 fully saturated rings. The molecule has 0 aliphatic carbocycles. The van der Waals surface area contributed by atoms with Crippen LogP contribution in [0.4, 0.5) is 8.78 Å². The molecule has 1 unspecified atom stereocenters. The summed E-state index contributed by atoms with van der Waals surface area (Å²) in [5.41, 5.74) is 0.263. The summed E-state index contributed by atoms with van der Waals surface area (Å²) in [5, 5.41) is 2.92. The van der Waals surface area contributed by atoms with E-state index in [2.05, 4.69) is 5.32 Å². The number of likely N-dealkylation sites (N-methyl/N-ethyl adjacent to an activating group) is 1. The predicted molar refractivity (Wildman–Crippen MR) is 76.3 cm³/mol. The molecule has 0 radical (unpaired) electrons. The van der Waals surface area contributed by atoms with E-state index in [1.54, 1.807) is 20.2 Å². The molecular formula is C15H23F2NO3. The quantitative estimate of drug-likeness (QED) is 0.637. The SMILES string of the molecule is CNC(COCCOCCCOC)c1cccc(F)c1F. The van der Waals surface area contributed by atoms with Gasteiger partial charge in [0.25, 0.3) is 0 Å². The van der Waals surface area contributed by atoms with Crippen molar-refractivity contribution >= 4 is 0 Å². The van der Waals surface area contributed by atoms with Gasteiger partial charge in [-0.2, -0.15) is 0 Å². The minimum atomic E-state index is -0.853. The summed E-state index contributed by atoms with van der Waals surface area (Å²) in [7, 11) is 3.33. The van der Waals surface area contributed by atoms with Gasteiger partial charge in [0.15, 0.2) is 11.6 Å². The van der Waals surface area contributed by atoms with Crippen molar-refractivity contribution in [3.63, 3.8) is 0 Å². The number of halogens is 2. The van der Waals surface area contributed by atoms with E-state index in [0.717, 1.165) is 12.5 Å². The molecule has 1 rings (SSSR count). The van der Waals surface area contributed by atoms with Gasteiger partial charge in [0.05, 0.1) is 25.9 Å². The lowest BCUT2D eigenvalue weighted by Crippen LogP contribution is -2.24. The Morgan fingerprint density at radius 2 is 1.86 bits per heavy atom. The van der Waals surface area contributed by atoms with Gasteiger partial charge in [0.1, 0.15) is 0 Å². The zero-order chi connectivity index (χ0) is 15.5. The molecule has 0 saturated heterocycles. The lowest BCUT2D eigenvalue weighted by molar-refractivity contribution is 0.0327. The topological polar surface area (TPSA) is 39.7 Å². The minimum absolute atomic E-state index is 0.248. The average molecular weight is 303 g/mol. The molecule has 0 spiro atoms. The number of rotatable bonds is 11. The Bertz CT molecular complexity index is 405. The van der Waals surface area contributed by atoms with E-state index < -0.39 is 17.7 Å². The maximum absolute atomic E-state index is 13.7. The van der Waals surface area contributed by atoms with Gasteiger partial charge in [-0.25, -0.2) is 8.78 Å². The molecule has 0 aromatic heterocycles. The van der Waals surface area contributed by atoms with Crippen LogP contribution >= 0.6 is 0 Å². The van der Waals surface area contributed by atoms with Crippen molar-refractivity contribution in [1.82, 2.24) is 5.32 Å². The highest BCUT2D eigenvalue weighted by Gasteiger charge is 2.16. The zero-order valence-electron chi connectivity index (χ0n) is 12.5. The van der Waals surface area contributed by atoms with Crippen LogP contribution in [0.2, 0.25) is 0 Å². The Labute approximate surface area is 124 Å². The highest BCUT2D eigenvalue weighted by atomic mass is 19.2. The first kappa shape index (κ1) is 18.0. The molecular weight excluding hydrogens is 280 g/mol. The molecule has 4 nitrogen and oxygen atoms in total. The van der Waals surface area contributed by atoms with E-state index in [1.165, 1.54) is 6.07 Å². The van der Waals surface area contributed by atoms with Crippen molar-refractivity contribution in [3.05, 3.63) is 35.4 Å². The number of benzene rings is 1.